The second-order valence-corrected chi connectivity index (χ2v) is 4.23. The van der Waals surface area contributed by atoms with Gasteiger partial charge in [-0.05, 0) is 35.7 Å². The van der Waals surface area contributed by atoms with E-state index < -0.39 is 0 Å². The van der Waals surface area contributed by atoms with E-state index in [-0.39, 0.29) is 6.04 Å². The van der Waals surface area contributed by atoms with Gasteiger partial charge in [0.2, 0.25) is 0 Å². The molecule has 0 aliphatic carbocycles. The van der Waals surface area contributed by atoms with Gasteiger partial charge in [-0.15, -0.1) is 6.42 Å². The largest absolute Gasteiger partial charge is 0.297 e. The number of hydrogen-bond acceptors (Lipinski definition) is 2. The zero-order valence-corrected chi connectivity index (χ0v) is 9.60. The zero-order valence-electron chi connectivity index (χ0n) is 8.79. The standard InChI is InChI=1S/C12H17NS/c1-4-6-12(5-2)13-10(3)11-7-8-14-9-11/h2,7-10,12-13H,4,6H2,1,3H3. The average molecular weight is 207 g/mol. The van der Waals surface area contributed by atoms with E-state index in [2.05, 4.69) is 41.9 Å². The van der Waals surface area contributed by atoms with Crippen LogP contribution in [0.5, 0.6) is 0 Å². The smallest absolute Gasteiger partial charge is 0.0691 e. The van der Waals surface area contributed by atoms with Gasteiger partial charge in [-0.3, -0.25) is 5.32 Å². The second-order valence-electron chi connectivity index (χ2n) is 3.45. The maximum atomic E-state index is 5.45. The lowest BCUT2D eigenvalue weighted by Gasteiger charge is -2.17. The molecular weight excluding hydrogens is 190 g/mol. The molecule has 76 valence electrons. The fourth-order valence-corrected chi connectivity index (χ4v) is 2.18. The van der Waals surface area contributed by atoms with Gasteiger partial charge in [0.25, 0.3) is 0 Å². The molecule has 1 aromatic rings. The molecule has 2 heteroatoms. The van der Waals surface area contributed by atoms with Crippen LogP contribution in [-0.2, 0) is 0 Å². The van der Waals surface area contributed by atoms with Gasteiger partial charge in [-0.1, -0.05) is 19.3 Å². The van der Waals surface area contributed by atoms with Crippen LogP contribution in [0, 0.1) is 12.3 Å². The molecule has 0 aromatic carbocycles. The fraction of sp³-hybridized carbons (Fsp3) is 0.500. The van der Waals surface area contributed by atoms with Crippen molar-refractivity contribution in [3.63, 3.8) is 0 Å². The van der Waals surface area contributed by atoms with Gasteiger partial charge < -0.3 is 0 Å². The van der Waals surface area contributed by atoms with Crippen LogP contribution in [0.25, 0.3) is 0 Å². The molecule has 1 rings (SSSR count). The van der Waals surface area contributed by atoms with Crippen molar-refractivity contribution in [1.29, 1.82) is 0 Å². The van der Waals surface area contributed by atoms with E-state index in [1.165, 1.54) is 5.56 Å². The molecule has 2 atom stereocenters. The van der Waals surface area contributed by atoms with Crippen LogP contribution in [0.2, 0.25) is 0 Å². The van der Waals surface area contributed by atoms with E-state index in [0.29, 0.717) is 6.04 Å². The minimum absolute atomic E-state index is 0.204. The maximum absolute atomic E-state index is 5.45. The van der Waals surface area contributed by atoms with Crippen molar-refractivity contribution in [2.75, 3.05) is 0 Å². The molecule has 0 saturated heterocycles. The highest BCUT2D eigenvalue weighted by atomic mass is 32.1. The molecule has 0 aliphatic rings. The zero-order chi connectivity index (χ0) is 10.4. The summed E-state index contributed by atoms with van der Waals surface area (Å²) in [6, 6.07) is 2.70. The molecule has 14 heavy (non-hydrogen) atoms. The number of terminal acetylenes is 1. The summed E-state index contributed by atoms with van der Waals surface area (Å²) in [6.45, 7) is 4.31. The predicted molar refractivity (Wildman–Crippen MR) is 63.4 cm³/mol. The number of hydrogen-bond donors (Lipinski definition) is 1. The Kier molecular flexibility index (Phi) is 4.72. The Bertz CT molecular complexity index is 284. The molecule has 0 radical (unpaired) electrons. The summed E-state index contributed by atoms with van der Waals surface area (Å²) < 4.78 is 0. The summed E-state index contributed by atoms with van der Waals surface area (Å²) in [5.74, 6) is 2.79. The van der Waals surface area contributed by atoms with Crippen LogP contribution >= 0.6 is 11.3 Å². The molecule has 0 saturated carbocycles. The van der Waals surface area contributed by atoms with Crippen molar-refractivity contribution in [2.45, 2.75) is 38.8 Å². The lowest BCUT2D eigenvalue weighted by molar-refractivity contribution is 0.496. The first-order valence-corrected chi connectivity index (χ1v) is 5.96. The Morgan fingerprint density at radius 3 is 2.93 bits per heavy atom. The highest BCUT2D eigenvalue weighted by Crippen LogP contribution is 2.16. The molecule has 0 aliphatic heterocycles. The van der Waals surface area contributed by atoms with E-state index in [9.17, 15) is 0 Å². The van der Waals surface area contributed by atoms with Crippen molar-refractivity contribution < 1.29 is 0 Å². The summed E-state index contributed by atoms with van der Waals surface area (Å²) in [6.07, 6.45) is 7.62. The quantitative estimate of drug-likeness (QED) is 0.731. The van der Waals surface area contributed by atoms with Crippen LogP contribution in [0.15, 0.2) is 16.8 Å². The van der Waals surface area contributed by atoms with Gasteiger partial charge >= 0.3 is 0 Å². The van der Waals surface area contributed by atoms with Crippen molar-refractivity contribution in [1.82, 2.24) is 5.32 Å². The molecule has 0 spiro atoms. The Labute approximate surface area is 90.5 Å². The Hall–Kier alpha value is -0.780. The molecule has 0 bridgehead atoms. The van der Waals surface area contributed by atoms with Gasteiger partial charge in [0.1, 0.15) is 0 Å². The lowest BCUT2D eigenvalue weighted by Crippen LogP contribution is -2.29. The van der Waals surface area contributed by atoms with Crippen molar-refractivity contribution >= 4 is 11.3 Å². The summed E-state index contributed by atoms with van der Waals surface area (Å²) in [5, 5.41) is 7.70. The first-order chi connectivity index (χ1) is 6.77. The van der Waals surface area contributed by atoms with Crippen LogP contribution < -0.4 is 5.32 Å². The van der Waals surface area contributed by atoms with Crippen LogP contribution in [0.1, 0.15) is 38.3 Å². The molecule has 1 aromatic heterocycles. The number of nitrogens with one attached hydrogen (secondary N) is 1. The normalized spacial score (nSPS) is 14.6. The lowest BCUT2D eigenvalue weighted by atomic mass is 10.1. The highest BCUT2D eigenvalue weighted by Gasteiger charge is 2.10. The van der Waals surface area contributed by atoms with E-state index in [4.69, 9.17) is 6.42 Å². The van der Waals surface area contributed by atoms with Crippen molar-refractivity contribution in [3.05, 3.63) is 22.4 Å². The Balaban J connectivity index is 2.47. The van der Waals surface area contributed by atoms with Gasteiger partial charge in [0.15, 0.2) is 0 Å². The van der Waals surface area contributed by atoms with E-state index in [1.54, 1.807) is 11.3 Å². The molecular formula is C12H17NS. The first kappa shape index (κ1) is 11.3. The molecule has 0 fully saturated rings. The monoisotopic (exact) mass is 207 g/mol. The highest BCUT2D eigenvalue weighted by molar-refractivity contribution is 7.07. The third-order valence-electron chi connectivity index (χ3n) is 2.27. The first-order valence-electron chi connectivity index (χ1n) is 5.02. The third kappa shape index (κ3) is 3.17. The van der Waals surface area contributed by atoms with Gasteiger partial charge in [-0.2, -0.15) is 11.3 Å². The molecule has 2 unspecified atom stereocenters. The predicted octanol–water partition coefficient (Wildman–Crippen LogP) is 3.20. The van der Waals surface area contributed by atoms with Crippen molar-refractivity contribution in [3.8, 4) is 12.3 Å². The van der Waals surface area contributed by atoms with Gasteiger partial charge in [0, 0.05) is 6.04 Å². The van der Waals surface area contributed by atoms with E-state index >= 15 is 0 Å². The molecule has 1 nitrogen and oxygen atoms in total. The molecule has 1 N–H and O–H groups in total. The van der Waals surface area contributed by atoms with Crippen LogP contribution in [0.4, 0.5) is 0 Å². The fourth-order valence-electron chi connectivity index (χ4n) is 1.42. The van der Waals surface area contributed by atoms with E-state index in [0.717, 1.165) is 12.8 Å². The van der Waals surface area contributed by atoms with Crippen molar-refractivity contribution in [2.24, 2.45) is 0 Å². The maximum Gasteiger partial charge on any atom is 0.0691 e. The van der Waals surface area contributed by atoms with Crippen LogP contribution in [-0.4, -0.2) is 6.04 Å². The molecule has 1 heterocycles. The number of rotatable bonds is 5. The third-order valence-corrected chi connectivity index (χ3v) is 2.97. The van der Waals surface area contributed by atoms with Gasteiger partial charge in [-0.25, -0.2) is 0 Å². The number of thiophene rings is 1. The molecule has 0 amide bonds. The van der Waals surface area contributed by atoms with Gasteiger partial charge in [0.05, 0.1) is 6.04 Å². The summed E-state index contributed by atoms with van der Waals surface area (Å²) >= 11 is 1.72. The van der Waals surface area contributed by atoms with E-state index in [1.807, 2.05) is 0 Å². The Morgan fingerprint density at radius 1 is 1.64 bits per heavy atom. The minimum atomic E-state index is 0.204. The SMILES string of the molecule is C#CC(CCC)NC(C)c1ccsc1. The van der Waals surface area contributed by atoms with Crippen LogP contribution in [0.3, 0.4) is 0 Å². The second kappa shape index (κ2) is 5.85. The summed E-state index contributed by atoms with van der Waals surface area (Å²) in [7, 11) is 0. The summed E-state index contributed by atoms with van der Waals surface area (Å²) in [5.41, 5.74) is 1.33. The Morgan fingerprint density at radius 2 is 2.43 bits per heavy atom. The average Bonchev–Trinajstić information content (AvgIpc) is 2.69. The summed E-state index contributed by atoms with van der Waals surface area (Å²) in [4.78, 5) is 0. The minimum Gasteiger partial charge on any atom is -0.297 e. The topological polar surface area (TPSA) is 12.0 Å².